The summed E-state index contributed by atoms with van der Waals surface area (Å²) in [5.74, 6) is -0.777. The first-order chi connectivity index (χ1) is 11.1. The Morgan fingerprint density at radius 1 is 1.22 bits per heavy atom. The summed E-state index contributed by atoms with van der Waals surface area (Å²) < 4.78 is 9.59. The number of nitrogens with one attached hydrogen (secondary N) is 1. The summed E-state index contributed by atoms with van der Waals surface area (Å²) in [4.78, 5) is 36.6. The fraction of sp³-hybridized carbons (Fsp3) is 0.188. The van der Waals surface area contributed by atoms with Gasteiger partial charge in [-0.3, -0.25) is 9.59 Å². The van der Waals surface area contributed by atoms with E-state index in [1.165, 1.54) is 18.6 Å². The summed E-state index contributed by atoms with van der Waals surface area (Å²) in [6.07, 6.45) is 2.02. The first-order valence-corrected chi connectivity index (χ1v) is 7.00. The van der Waals surface area contributed by atoms with E-state index in [4.69, 9.17) is 9.15 Å². The largest absolute Gasteiger partial charge is 0.472 e. The van der Waals surface area contributed by atoms with E-state index in [1.54, 1.807) is 0 Å². The van der Waals surface area contributed by atoms with Gasteiger partial charge in [-0.15, -0.1) is 0 Å². The molecule has 0 radical (unpaired) electrons. The number of imide groups is 1. The van der Waals surface area contributed by atoms with Crippen molar-refractivity contribution in [3.05, 3.63) is 60.1 Å². The Kier molecular flexibility index (Phi) is 4.09. The lowest BCUT2D eigenvalue weighted by Crippen LogP contribution is -2.40. The molecule has 23 heavy (non-hydrogen) atoms. The van der Waals surface area contributed by atoms with Crippen LogP contribution in [0.5, 0.6) is 0 Å². The topological polar surface area (TPSA) is 88.9 Å². The van der Waals surface area contributed by atoms with Crippen LogP contribution in [-0.2, 0) is 9.53 Å². The van der Waals surface area contributed by atoms with E-state index >= 15 is 0 Å². The summed E-state index contributed by atoms with van der Waals surface area (Å²) in [5, 5.41) is 2.80. The fourth-order valence-electron chi connectivity index (χ4n) is 2.30. The van der Waals surface area contributed by atoms with Crippen molar-refractivity contribution in [3.63, 3.8) is 0 Å². The van der Waals surface area contributed by atoms with Crippen LogP contribution in [0.3, 0.4) is 0 Å². The molecule has 1 atom stereocenters. The highest BCUT2D eigenvalue weighted by Gasteiger charge is 2.33. The highest BCUT2D eigenvalue weighted by atomic mass is 16.6. The zero-order valence-corrected chi connectivity index (χ0v) is 12.1. The van der Waals surface area contributed by atoms with Gasteiger partial charge in [0.2, 0.25) is 0 Å². The Bertz CT molecular complexity index is 695. The van der Waals surface area contributed by atoms with Gasteiger partial charge >= 0.3 is 6.09 Å². The van der Waals surface area contributed by atoms with Crippen LogP contribution in [0.15, 0.2) is 53.3 Å². The van der Waals surface area contributed by atoms with Gasteiger partial charge in [0.1, 0.15) is 6.26 Å². The maximum absolute atomic E-state index is 12.2. The van der Waals surface area contributed by atoms with E-state index < -0.39 is 18.0 Å². The Labute approximate surface area is 131 Å². The van der Waals surface area contributed by atoms with Crippen molar-refractivity contribution in [3.8, 4) is 0 Å². The van der Waals surface area contributed by atoms with Crippen molar-refractivity contribution in [2.24, 2.45) is 0 Å². The van der Waals surface area contributed by atoms with E-state index in [2.05, 4.69) is 5.32 Å². The van der Waals surface area contributed by atoms with E-state index in [-0.39, 0.29) is 19.1 Å². The molecule has 1 aliphatic heterocycles. The van der Waals surface area contributed by atoms with Crippen LogP contribution in [0.4, 0.5) is 4.79 Å². The van der Waals surface area contributed by atoms with Crippen molar-refractivity contribution < 1.29 is 23.5 Å². The fourth-order valence-corrected chi connectivity index (χ4v) is 2.30. The summed E-state index contributed by atoms with van der Waals surface area (Å²) in [5.41, 5.74) is 1.14. The third kappa shape index (κ3) is 3.23. The number of amides is 3. The van der Waals surface area contributed by atoms with Crippen LogP contribution in [0.1, 0.15) is 22.0 Å². The minimum atomic E-state index is -0.700. The molecule has 118 valence electrons. The minimum Gasteiger partial charge on any atom is -0.472 e. The Morgan fingerprint density at radius 3 is 2.61 bits per heavy atom. The maximum Gasteiger partial charge on any atom is 0.417 e. The quantitative estimate of drug-likeness (QED) is 0.908. The molecule has 0 aliphatic carbocycles. The molecule has 7 heteroatoms. The van der Waals surface area contributed by atoms with Gasteiger partial charge in [0.15, 0.2) is 6.61 Å². The third-order valence-electron chi connectivity index (χ3n) is 3.50. The zero-order chi connectivity index (χ0) is 16.2. The zero-order valence-electron chi connectivity index (χ0n) is 12.1. The molecule has 0 unspecified atom stereocenters. The second-order valence-electron chi connectivity index (χ2n) is 5.01. The van der Waals surface area contributed by atoms with Crippen LogP contribution in [0.25, 0.3) is 0 Å². The van der Waals surface area contributed by atoms with Gasteiger partial charge in [-0.1, -0.05) is 30.3 Å². The number of carbonyl (C=O) groups excluding carboxylic acids is 3. The van der Waals surface area contributed by atoms with Gasteiger partial charge in [-0.25, -0.2) is 9.69 Å². The lowest BCUT2D eigenvalue weighted by Gasteiger charge is -2.22. The van der Waals surface area contributed by atoms with Gasteiger partial charge in [0.25, 0.3) is 11.8 Å². The number of benzene rings is 1. The molecule has 7 nitrogen and oxygen atoms in total. The second-order valence-corrected chi connectivity index (χ2v) is 5.01. The number of hydrogen-bond acceptors (Lipinski definition) is 5. The monoisotopic (exact) mass is 314 g/mol. The highest BCUT2D eigenvalue weighted by Crippen LogP contribution is 2.18. The van der Waals surface area contributed by atoms with Crippen molar-refractivity contribution in [1.29, 1.82) is 0 Å². The molecule has 2 heterocycles. The van der Waals surface area contributed by atoms with E-state index in [0.717, 1.165) is 10.5 Å². The summed E-state index contributed by atoms with van der Waals surface area (Å²) in [6, 6.07) is 10.1. The molecule has 3 amide bonds. The summed E-state index contributed by atoms with van der Waals surface area (Å²) in [7, 11) is 0. The molecule has 0 bridgehead atoms. The first kappa shape index (κ1) is 14.8. The molecule has 0 spiro atoms. The molecule has 1 aromatic carbocycles. The first-order valence-electron chi connectivity index (χ1n) is 7.00. The van der Waals surface area contributed by atoms with Gasteiger partial charge in [0.05, 0.1) is 24.4 Å². The van der Waals surface area contributed by atoms with E-state index in [1.807, 2.05) is 30.3 Å². The molecule has 1 N–H and O–H groups in total. The average Bonchev–Trinajstić information content (AvgIpc) is 3.20. The number of nitrogens with zero attached hydrogens (tertiary/aromatic N) is 1. The van der Waals surface area contributed by atoms with E-state index in [0.29, 0.717) is 5.56 Å². The van der Waals surface area contributed by atoms with Crippen molar-refractivity contribution in [2.45, 2.75) is 6.04 Å². The normalized spacial score (nSPS) is 15.4. The molecular formula is C16H14N2O5. The number of furan rings is 1. The van der Waals surface area contributed by atoms with Crippen LogP contribution in [0, 0.1) is 0 Å². The lowest BCUT2D eigenvalue weighted by atomic mass is 10.1. The predicted molar refractivity (Wildman–Crippen MR) is 78.4 cm³/mol. The van der Waals surface area contributed by atoms with Crippen molar-refractivity contribution in [2.75, 3.05) is 13.2 Å². The summed E-state index contributed by atoms with van der Waals surface area (Å²) in [6.45, 7) is -0.263. The highest BCUT2D eigenvalue weighted by molar-refractivity contribution is 5.98. The number of cyclic esters (lactones) is 1. The second kappa shape index (κ2) is 6.35. The third-order valence-corrected chi connectivity index (χ3v) is 3.50. The molecule has 0 saturated carbocycles. The molecule has 3 rings (SSSR count). The number of ether oxygens (including phenoxy) is 1. The number of hydrogen-bond donors (Lipinski definition) is 1. The van der Waals surface area contributed by atoms with Gasteiger partial charge in [-0.2, -0.15) is 0 Å². The molecule has 1 saturated heterocycles. The van der Waals surface area contributed by atoms with Gasteiger partial charge in [0, 0.05) is 0 Å². The average molecular weight is 314 g/mol. The smallest absolute Gasteiger partial charge is 0.417 e. The van der Waals surface area contributed by atoms with Crippen molar-refractivity contribution in [1.82, 2.24) is 10.2 Å². The van der Waals surface area contributed by atoms with Gasteiger partial charge in [-0.05, 0) is 11.6 Å². The molecular weight excluding hydrogens is 300 g/mol. The van der Waals surface area contributed by atoms with Gasteiger partial charge < -0.3 is 14.5 Å². The standard InChI is InChI=1S/C16H14N2O5/c19-14-10-23-16(21)18(14)8-13(11-4-2-1-3-5-11)17-15(20)12-6-7-22-9-12/h1-7,9,13H,8,10H2,(H,17,20)/t13-/m0/s1. The van der Waals surface area contributed by atoms with Crippen LogP contribution in [0.2, 0.25) is 0 Å². The molecule has 1 aliphatic rings. The number of carbonyl (C=O) groups is 3. The van der Waals surface area contributed by atoms with Crippen LogP contribution < -0.4 is 5.32 Å². The lowest BCUT2D eigenvalue weighted by molar-refractivity contribution is -0.126. The molecule has 1 fully saturated rings. The Morgan fingerprint density at radius 2 is 2.00 bits per heavy atom. The molecule has 1 aromatic heterocycles. The Hall–Kier alpha value is -3.09. The van der Waals surface area contributed by atoms with Crippen molar-refractivity contribution >= 4 is 17.9 Å². The summed E-state index contributed by atoms with van der Waals surface area (Å²) >= 11 is 0. The predicted octanol–water partition coefficient (Wildman–Crippen LogP) is 1.73. The number of rotatable bonds is 5. The SMILES string of the molecule is O=C(N[C@@H](CN1C(=O)COC1=O)c1ccccc1)c1ccoc1. The molecule has 2 aromatic rings. The van der Waals surface area contributed by atoms with Crippen LogP contribution >= 0.6 is 0 Å². The Balaban J connectivity index is 1.81. The maximum atomic E-state index is 12.2. The van der Waals surface area contributed by atoms with Crippen LogP contribution in [-0.4, -0.2) is 36.0 Å². The minimum absolute atomic E-state index is 0.00523. The van der Waals surface area contributed by atoms with E-state index in [9.17, 15) is 14.4 Å².